The Kier molecular flexibility index (Phi) is 2.17. The van der Waals surface area contributed by atoms with Gasteiger partial charge in [-0.05, 0) is 37.3 Å². The molecule has 2 rings (SSSR count). The van der Waals surface area contributed by atoms with Gasteiger partial charge in [0.05, 0.1) is 6.04 Å². The Balaban J connectivity index is 2.15. The van der Waals surface area contributed by atoms with Crippen molar-refractivity contribution in [1.29, 1.82) is 0 Å². The molecule has 12 heavy (non-hydrogen) atoms. The van der Waals surface area contributed by atoms with Gasteiger partial charge in [-0.15, -0.1) is 0 Å². The summed E-state index contributed by atoms with van der Waals surface area (Å²) in [4.78, 5) is 13.6. The first kappa shape index (κ1) is 8.57. The van der Waals surface area contributed by atoms with Crippen molar-refractivity contribution in [3.05, 3.63) is 0 Å². The van der Waals surface area contributed by atoms with Gasteiger partial charge in [0.25, 0.3) is 0 Å². The Labute approximate surface area is 77.7 Å². The highest BCUT2D eigenvalue weighted by molar-refractivity contribution is 7.99. The summed E-state index contributed by atoms with van der Waals surface area (Å²) in [6, 6.07) is 0.227. The maximum atomic E-state index is 11.3. The summed E-state index contributed by atoms with van der Waals surface area (Å²) in [6.45, 7) is 2.86. The lowest BCUT2D eigenvalue weighted by Crippen LogP contribution is -2.36. The standard InChI is InChI=1S/C9H15NOS/c1-6(11)9-8-5-12-4-7(8)3-10(9)2/h7-9H,3-5H2,1-2H3. The molecule has 0 N–H and O–H groups in total. The number of fused-ring (bicyclic) bond motifs is 1. The van der Waals surface area contributed by atoms with Gasteiger partial charge in [-0.1, -0.05) is 0 Å². The van der Waals surface area contributed by atoms with Crippen LogP contribution in [0, 0.1) is 11.8 Å². The monoisotopic (exact) mass is 185 g/mol. The number of rotatable bonds is 1. The third-order valence-corrected chi connectivity index (χ3v) is 4.35. The van der Waals surface area contributed by atoms with E-state index in [-0.39, 0.29) is 6.04 Å². The molecule has 0 aromatic rings. The van der Waals surface area contributed by atoms with Gasteiger partial charge in [0.2, 0.25) is 0 Å². The van der Waals surface area contributed by atoms with Crippen molar-refractivity contribution in [3.63, 3.8) is 0 Å². The summed E-state index contributed by atoms with van der Waals surface area (Å²) in [5.41, 5.74) is 0. The van der Waals surface area contributed by atoms with Gasteiger partial charge in [-0.3, -0.25) is 9.69 Å². The van der Waals surface area contributed by atoms with Crippen LogP contribution >= 0.6 is 11.8 Å². The summed E-state index contributed by atoms with van der Waals surface area (Å²) >= 11 is 2.01. The molecule has 3 heteroatoms. The first-order valence-electron chi connectivity index (χ1n) is 4.48. The Morgan fingerprint density at radius 2 is 2.25 bits per heavy atom. The van der Waals surface area contributed by atoms with Crippen LogP contribution in [0.3, 0.4) is 0 Å². The van der Waals surface area contributed by atoms with Crippen molar-refractivity contribution < 1.29 is 4.79 Å². The van der Waals surface area contributed by atoms with Gasteiger partial charge in [0, 0.05) is 6.54 Å². The number of ketones is 1. The predicted molar refractivity (Wildman–Crippen MR) is 51.4 cm³/mol. The van der Waals surface area contributed by atoms with Gasteiger partial charge >= 0.3 is 0 Å². The lowest BCUT2D eigenvalue weighted by Gasteiger charge is -2.20. The number of Topliss-reactive ketones (excluding diaryl/α,β-unsaturated/α-hetero) is 1. The first-order valence-corrected chi connectivity index (χ1v) is 5.64. The van der Waals surface area contributed by atoms with Gasteiger partial charge < -0.3 is 0 Å². The minimum atomic E-state index is 0.227. The third-order valence-electron chi connectivity index (χ3n) is 3.07. The highest BCUT2D eigenvalue weighted by atomic mass is 32.2. The highest BCUT2D eigenvalue weighted by Gasteiger charge is 2.44. The van der Waals surface area contributed by atoms with E-state index in [1.54, 1.807) is 6.92 Å². The Hall–Kier alpha value is -0.0200. The van der Waals surface area contributed by atoms with Crippen LogP contribution in [0.5, 0.6) is 0 Å². The van der Waals surface area contributed by atoms with Gasteiger partial charge in [0.1, 0.15) is 5.78 Å². The minimum Gasteiger partial charge on any atom is -0.298 e. The molecule has 3 unspecified atom stereocenters. The summed E-state index contributed by atoms with van der Waals surface area (Å²) in [6.07, 6.45) is 0. The maximum Gasteiger partial charge on any atom is 0.147 e. The van der Waals surface area contributed by atoms with E-state index in [0.717, 1.165) is 12.5 Å². The lowest BCUT2D eigenvalue weighted by molar-refractivity contribution is -0.121. The molecule has 2 aliphatic rings. The molecular formula is C9H15NOS. The molecule has 2 heterocycles. The molecule has 0 radical (unpaired) electrons. The number of carbonyl (C=O) groups is 1. The van der Waals surface area contributed by atoms with E-state index in [9.17, 15) is 4.79 Å². The van der Waals surface area contributed by atoms with Crippen LogP contribution in [0.15, 0.2) is 0 Å². The van der Waals surface area contributed by atoms with E-state index in [0.29, 0.717) is 11.7 Å². The molecule has 2 nitrogen and oxygen atoms in total. The molecule has 0 spiro atoms. The highest BCUT2D eigenvalue weighted by Crippen LogP contribution is 2.39. The van der Waals surface area contributed by atoms with E-state index in [4.69, 9.17) is 0 Å². The molecule has 2 fully saturated rings. The molecule has 2 saturated heterocycles. The number of hydrogen-bond acceptors (Lipinski definition) is 3. The Bertz CT molecular complexity index is 207. The molecule has 0 aromatic carbocycles. The fourth-order valence-electron chi connectivity index (χ4n) is 2.57. The minimum absolute atomic E-state index is 0.227. The van der Waals surface area contributed by atoms with E-state index in [1.807, 2.05) is 11.8 Å². The number of nitrogens with zero attached hydrogens (tertiary/aromatic N) is 1. The number of thioether (sulfide) groups is 1. The van der Waals surface area contributed by atoms with Crippen LogP contribution in [0.1, 0.15) is 6.92 Å². The topological polar surface area (TPSA) is 20.3 Å². The third kappa shape index (κ3) is 1.19. The smallest absolute Gasteiger partial charge is 0.147 e. The van der Waals surface area contributed by atoms with Gasteiger partial charge in [-0.2, -0.15) is 11.8 Å². The summed E-state index contributed by atoms with van der Waals surface area (Å²) < 4.78 is 0. The normalized spacial score (nSPS) is 41.7. The molecule has 0 saturated carbocycles. The zero-order valence-corrected chi connectivity index (χ0v) is 8.43. The second kappa shape index (κ2) is 3.04. The summed E-state index contributed by atoms with van der Waals surface area (Å²) in [5.74, 6) is 4.25. The van der Waals surface area contributed by atoms with Crippen LogP contribution in [-0.2, 0) is 4.79 Å². The van der Waals surface area contributed by atoms with Crippen LogP contribution in [0.25, 0.3) is 0 Å². The van der Waals surface area contributed by atoms with Crippen LogP contribution < -0.4 is 0 Å². The maximum absolute atomic E-state index is 11.3. The fourth-order valence-corrected chi connectivity index (χ4v) is 4.09. The quantitative estimate of drug-likeness (QED) is 0.604. The van der Waals surface area contributed by atoms with Crippen molar-refractivity contribution >= 4 is 17.5 Å². The Morgan fingerprint density at radius 1 is 1.50 bits per heavy atom. The second-order valence-corrected chi connectivity index (χ2v) is 5.03. The van der Waals surface area contributed by atoms with E-state index < -0.39 is 0 Å². The molecule has 68 valence electrons. The average molecular weight is 185 g/mol. The average Bonchev–Trinajstić information content (AvgIpc) is 2.44. The molecule has 0 aromatic heterocycles. The Morgan fingerprint density at radius 3 is 2.92 bits per heavy atom. The molecule has 0 amide bonds. The van der Waals surface area contributed by atoms with Gasteiger partial charge in [0.15, 0.2) is 0 Å². The van der Waals surface area contributed by atoms with Crippen LogP contribution in [-0.4, -0.2) is 41.8 Å². The summed E-state index contributed by atoms with van der Waals surface area (Å²) in [5, 5.41) is 0. The summed E-state index contributed by atoms with van der Waals surface area (Å²) in [7, 11) is 2.08. The number of carbonyl (C=O) groups excluding carboxylic acids is 1. The van der Waals surface area contributed by atoms with Crippen molar-refractivity contribution in [3.8, 4) is 0 Å². The van der Waals surface area contributed by atoms with E-state index >= 15 is 0 Å². The first-order chi connectivity index (χ1) is 5.70. The number of likely N-dealkylation sites (N-methyl/N-ethyl adjacent to an activating group) is 1. The molecule has 3 atom stereocenters. The molecule has 0 bridgehead atoms. The zero-order chi connectivity index (χ0) is 8.72. The lowest BCUT2D eigenvalue weighted by atomic mass is 9.92. The van der Waals surface area contributed by atoms with Crippen LogP contribution in [0.4, 0.5) is 0 Å². The second-order valence-electron chi connectivity index (χ2n) is 3.96. The molecule has 2 aliphatic heterocycles. The van der Waals surface area contributed by atoms with Crippen LogP contribution in [0.2, 0.25) is 0 Å². The zero-order valence-electron chi connectivity index (χ0n) is 7.62. The van der Waals surface area contributed by atoms with Gasteiger partial charge in [-0.25, -0.2) is 0 Å². The number of likely N-dealkylation sites (tertiary alicyclic amines) is 1. The van der Waals surface area contributed by atoms with Crippen molar-refractivity contribution in [2.75, 3.05) is 25.1 Å². The molecule has 0 aliphatic carbocycles. The number of hydrogen-bond donors (Lipinski definition) is 0. The van der Waals surface area contributed by atoms with Crippen molar-refractivity contribution in [1.82, 2.24) is 4.90 Å². The van der Waals surface area contributed by atoms with Crippen molar-refractivity contribution in [2.45, 2.75) is 13.0 Å². The SMILES string of the molecule is CC(=O)C1C2CSCC2CN1C. The van der Waals surface area contributed by atoms with E-state index in [1.165, 1.54) is 11.5 Å². The fraction of sp³-hybridized carbons (Fsp3) is 0.889. The largest absolute Gasteiger partial charge is 0.298 e. The molecular weight excluding hydrogens is 170 g/mol. The van der Waals surface area contributed by atoms with E-state index in [2.05, 4.69) is 11.9 Å². The predicted octanol–water partition coefficient (Wildman–Crippen LogP) is 0.869. The van der Waals surface area contributed by atoms with Crippen molar-refractivity contribution in [2.24, 2.45) is 11.8 Å².